The second-order valence-corrected chi connectivity index (χ2v) is 9.21. The molecule has 3 heterocycles. The molecule has 0 spiro atoms. The summed E-state index contributed by atoms with van der Waals surface area (Å²) >= 11 is 5.94. The van der Waals surface area contributed by atoms with Crippen molar-refractivity contribution in [2.75, 3.05) is 38.2 Å². The Morgan fingerprint density at radius 2 is 1.63 bits per heavy atom. The number of methoxy groups -OCH3 is 1. The number of rotatable bonds is 6. The van der Waals surface area contributed by atoms with Crippen LogP contribution in [0.1, 0.15) is 11.1 Å². The molecule has 2 aromatic heterocycles. The van der Waals surface area contributed by atoms with E-state index in [9.17, 15) is 0 Å². The first kappa shape index (κ1) is 23.3. The van der Waals surface area contributed by atoms with Gasteiger partial charge in [-0.05, 0) is 79.7 Å². The van der Waals surface area contributed by atoms with Gasteiger partial charge in [0.2, 0.25) is 4.77 Å². The Bertz CT molecular complexity index is 1350. The standard InChI is InChI=1S/C27H30N6OS/c1-20-5-4-6-25(21(20)2)31-17-15-30(16-18-31)19-32-27(35)33(23-7-9-24(34-3)10-8-23)26(29-32)22-11-13-28-14-12-22/h4-14H,15-19H2,1-3H3. The molecule has 7 nitrogen and oxygen atoms in total. The average molecular weight is 487 g/mol. The van der Waals surface area contributed by atoms with E-state index in [1.165, 1.54) is 16.8 Å². The number of hydrogen-bond acceptors (Lipinski definition) is 6. The topological polar surface area (TPSA) is 51.4 Å². The second-order valence-electron chi connectivity index (χ2n) is 8.84. The van der Waals surface area contributed by atoms with Crippen LogP contribution in [0.25, 0.3) is 17.1 Å². The molecular weight excluding hydrogens is 456 g/mol. The first-order chi connectivity index (χ1) is 17.0. The Balaban J connectivity index is 1.40. The lowest BCUT2D eigenvalue weighted by atomic mass is 10.1. The van der Waals surface area contributed by atoms with E-state index in [1.54, 1.807) is 19.5 Å². The van der Waals surface area contributed by atoms with Crippen molar-refractivity contribution in [1.29, 1.82) is 0 Å². The van der Waals surface area contributed by atoms with Crippen molar-refractivity contribution >= 4 is 17.9 Å². The third-order valence-electron chi connectivity index (χ3n) is 6.73. The Kier molecular flexibility index (Phi) is 6.66. The molecule has 0 aliphatic carbocycles. The SMILES string of the molecule is COc1ccc(-n2c(-c3ccncc3)nn(CN3CCN(c4cccc(C)c4C)CC3)c2=S)cc1. The van der Waals surface area contributed by atoms with Crippen LogP contribution in [0.2, 0.25) is 0 Å². The second kappa shape index (κ2) is 10.0. The van der Waals surface area contributed by atoms with E-state index in [-0.39, 0.29) is 0 Å². The fourth-order valence-corrected chi connectivity index (χ4v) is 4.84. The zero-order valence-electron chi connectivity index (χ0n) is 20.4. The van der Waals surface area contributed by atoms with Crippen LogP contribution in [-0.2, 0) is 6.67 Å². The Morgan fingerprint density at radius 1 is 0.914 bits per heavy atom. The zero-order valence-corrected chi connectivity index (χ0v) is 21.2. The number of benzene rings is 2. The van der Waals surface area contributed by atoms with Crippen LogP contribution in [-0.4, -0.2) is 57.5 Å². The summed E-state index contributed by atoms with van der Waals surface area (Å²) in [6.07, 6.45) is 3.56. The van der Waals surface area contributed by atoms with Crippen molar-refractivity contribution in [2.24, 2.45) is 0 Å². The van der Waals surface area contributed by atoms with Gasteiger partial charge in [-0.1, -0.05) is 12.1 Å². The normalized spacial score (nSPS) is 14.3. The predicted molar refractivity (Wildman–Crippen MR) is 142 cm³/mol. The number of aryl methyl sites for hydroxylation is 1. The number of ether oxygens (including phenoxy) is 1. The summed E-state index contributed by atoms with van der Waals surface area (Å²) in [6, 6.07) is 18.4. The van der Waals surface area contributed by atoms with Crippen LogP contribution < -0.4 is 9.64 Å². The molecule has 1 aliphatic rings. The maximum atomic E-state index is 5.94. The van der Waals surface area contributed by atoms with Gasteiger partial charge >= 0.3 is 0 Å². The van der Waals surface area contributed by atoms with Crippen molar-refractivity contribution in [3.05, 3.63) is 82.9 Å². The predicted octanol–water partition coefficient (Wildman–Crippen LogP) is 4.87. The van der Waals surface area contributed by atoms with Gasteiger partial charge in [-0.25, -0.2) is 4.68 Å². The molecule has 2 aromatic carbocycles. The maximum Gasteiger partial charge on any atom is 0.204 e. The van der Waals surface area contributed by atoms with Crippen LogP contribution in [0.15, 0.2) is 67.0 Å². The van der Waals surface area contributed by atoms with Crippen LogP contribution in [0.3, 0.4) is 0 Å². The van der Waals surface area contributed by atoms with Gasteiger partial charge < -0.3 is 9.64 Å². The maximum absolute atomic E-state index is 5.94. The van der Waals surface area contributed by atoms with Gasteiger partial charge in [-0.3, -0.25) is 14.5 Å². The highest BCUT2D eigenvalue weighted by Gasteiger charge is 2.21. The summed E-state index contributed by atoms with van der Waals surface area (Å²) in [5.41, 5.74) is 5.96. The van der Waals surface area contributed by atoms with E-state index in [2.05, 4.69) is 46.8 Å². The van der Waals surface area contributed by atoms with Crippen molar-refractivity contribution in [1.82, 2.24) is 24.2 Å². The molecule has 0 amide bonds. The van der Waals surface area contributed by atoms with E-state index in [4.69, 9.17) is 22.1 Å². The lowest BCUT2D eigenvalue weighted by Gasteiger charge is -2.36. The molecule has 180 valence electrons. The minimum atomic E-state index is 0.653. The summed E-state index contributed by atoms with van der Waals surface area (Å²) < 4.78 is 9.96. The van der Waals surface area contributed by atoms with E-state index in [0.717, 1.165) is 49.0 Å². The molecular formula is C27H30N6OS. The first-order valence-corrected chi connectivity index (χ1v) is 12.2. The van der Waals surface area contributed by atoms with E-state index in [1.807, 2.05) is 45.6 Å². The number of aromatic nitrogens is 4. The molecule has 35 heavy (non-hydrogen) atoms. The van der Waals surface area contributed by atoms with Gasteiger partial charge in [0.25, 0.3) is 0 Å². The van der Waals surface area contributed by atoms with Gasteiger partial charge in [0.15, 0.2) is 5.82 Å². The van der Waals surface area contributed by atoms with Gasteiger partial charge in [0.1, 0.15) is 5.75 Å². The summed E-state index contributed by atoms with van der Waals surface area (Å²) in [5, 5.41) is 4.96. The molecule has 1 fully saturated rings. The van der Waals surface area contributed by atoms with Crippen LogP contribution in [0.5, 0.6) is 5.75 Å². The lowest BCUT2D eigenvalue weighted by molar-refractivity contribution is 0.194. The molecule has 5 rings (SSSR count). The molecule has 1 aliphatic heterocycles. The molecule has 1 saturated heterocycles. The fraction of sp³-hybridized carbons (Fsp3) is 0.296. The molecule has 0 radical (unpaired) electrons. The third kappa shape index (κ3) is 4.72. The number of hydrogen-bond donors (Lipinski definition) is 0. The van der Waals surface area contributed by atoms with Gasteiger partial charge in [0, 0.05) is 49.8 Å². The number of anilines is 1. The highest BCUT2D eigenvalue weighted by molar-refractivity contribution is 7.71. The number of nitrogens with zero attached hydrogens (tertiary/aromatic N) is 6. The smallest absolute Gasteiger partial charge is 0.204 e. The van der Waals surface area contributed by atoms with Crippen molar-refractivity contribution in [3.8, 4) is 22.8 Å². The average Bonchev–Trinajstić information content (AvgIpc) is 3.22. The van der Waals surface area contributed by atoms with Crippen molar-refractivity contribution in [2.45, 2.75) is 20.5 Å². The van der Waals surface area contributed by atoms with Gasteiger partial charge in [-0.2, -0.15) is 0 Å². The summed E-state index contributed by atoms with van der Waals surface area (Å²) in [7, 11) is 1.67. The number of pyridine rings is 1. The van der Waals surface area contributed by atoms with E-state index < -0.39 is 0 Å². The van der Waals surface area contributed by atoms with Crippen molar-refractivity contribution in [3.63, 3.8) is 0 Å². The fourth-order valence-electron chi connectivity index (χ4n) is 4.55. The molecule has 0 saturated carbocycles. The monoisotopic (exact) mass is 486 g/mol. The van der Waals surface area contributed by atoms with Crippen LogP contribution in [0, 0.1) is 18.6 Å². The van der Waals surface area contributed by atoms with Gasteiger partial charge in [0.05, 0.1) is 19.5 Å². The van der Waals surface area contributed by atoms with E-state index in [0.29, 0.717) is 11.4 Å². The van der Waals surface area contributed by atoms with Crippen LogP contribution >= 0.6 is 12.2 Å². The summed E-state index contributed by atoms with van der Waals surface area (Å²) in [4.78, 5) is 9.06. The minimum Gasteiger partial charge on any atom is -0.497 e. The summed E-state index contributed by atoms with van der Waals surface area (Å²) in [6.45, 7) is 8.91. The molecule has 8 heteroatoms. The molecule has 0 N–H and O–H groups in total. The summed E-state index contributed by atoms with van der Waals surface area (Å²) in [5.74, 6) is 1.61. The highest BCUT2D eigenvalue weighted by atomic mass is 32.1. The molecule has 0 bridgehead atoms. The Labute approximate surface area is 211 Å². The lowest BCUT2D eigenvalue weighted by Crippen LogP contribution is -2.47. The molecule has 0 atom stereocenters. The molecule has 4 aromatic rings. The number of piperazine rings is 1. The third-order valence-corrected chi connectivity index (χ3v) is 7.12. The quantitative estimate of drug-likeness (QED) is 0.363. The minimum absolute atomic E-state index is 0.653. The van der Waals surface area contributed by atoms with Crippen molar-refractivity contribution < 1.29 is 4.74 Å². The largest absolute Gasteiger partial charge is 0.497 e. The Hall–Kier alpha value is -3.49. The highest BCUT2D eigenvalue weighted by Crippen LogP contribution is 2.26. The van der Waals surface area contributed by atoms with Crippen LogP contribution in [0.4, 0.5) is 5.69 Å². The molecule has 0 unspecified atom stereocenters. The van der Waals surface area contributed by atoms with Gasteiger partial charge in [-0.15, -0.1) is 5.10 Å². The first-order valence-electron chi connectivity index (χ1n) is 11.8. The zero-order chi connectivity index (χ0) is 24.4. The van der Waals surface area contributed by atoms with E-state index >= 15 is 0 Å². The Morgan fingerprint density at radius 3 is 2.31 bits per heavy atom.